The minimum absolute atomic E-state index is 0.119. The van der Waals surface area contributed by atoms with Gasteiger partial charge in [-0.3, -0.25) is 4.98 Å². The Bertz CT molecular complexity index is 490. The second kappa shape index (κ2) is 6.78. The molecule has 94 valence electrons. The average molecular weight is 279 g/mol. The van der Waals surface area contributed by atoms with E-state index in [4.69, 9.17) is 17.3 Å². The standard InChI is InChI=1S/C14H15ClN2S/c15-13-3-1-2-4-14(13)18-10-12(16)9-11-5-7-17-8-6-11/h1-8,12H,9-10,16H2. The lowest BCUT2D eigenvalue weighted by molar-refractivity contribution is 0.748. The Morgan fingerprint density at radius 3 is 2.61 bits per heavy atom. The molecule has 0 amide bonds. The third-order valence-electron chi connectivity index (χ3n) is 2.54. The van der Waals surface area contributed by atoms with Crippen LogP contribution in [-0.2, 0) is 6.42 Å². The number of hydrogen-bond acceptors (Lipinski definition) is 3. The van der Waals surface area contributed by atoms with E-state index < -0.39 is 0 Å². The Balaban J connectivity index is 1.86. The summed E-state index contributed by atoms with van der Waals surface area (Å²) in [5.74, 6) is 0.853. The maximum Gasteiger partial charge on any atom is 0.0541 e. The van der Waals surface area contributed by atoms with Gasteiger partial charge < -0.3 is 5.73 Å². The highest BCUT2D eigenvalue weighted by atomic mass is 35.5. The van der Waals surface area contributed by atoms with E-state index in [1.54, 1.807) is 24.2 Å². The van der Waals surface area contributed by atoms with Gasteiger partial charge in [0.05, 0.1) is 5.02 Å². The SMILES string of the molecule is NC(CSc1ccccc1Cl)Cc1ccncc1. The second-order valence-electron chi connectivity index (χ2n) is 4.06. The van der Waals surface area contributed by atoms with Gasteiger partial charge in [0, 0.05) is 29.1 Å². The summed E-state index contributed by atoms with van der Waals surface area (Å²) in [6, 6.07) is 12.0. The lowest BCUT2D eigenvalue weighted by Crippen LogP contribution is -2.25. The molecule has 0 saturated carbocycles. The number of hydrogen-bond donors (Lipinski definition) is 1. The van der Waals surface area contributed by atoms with Crippen molar-refractivity contribution in [2.45, 2.75) is 17.4 Å². The van der Waals surface area contributed by atoms with Gasteiger partial charge in [0.15, 0.2) is 0 Å². The predicted molar refractivity (Wildman–Crippen MR) is 78.1 cm³/mol. The highest BCUT2D eigenvalue weighted by Crippen LogP contribution is 2.27. The number of rotatable bonds is 5. The zero-order chi connectivity index (χ0) is 12.8. The molecule has 1 atom stereocenters. The van der Waals surface area contributed by atoms with E-state index in [2.05, 4.69) is 4.98 Å². The zero-order valence-corrected chi connectivity index (χ0v) is 11.5. The van der Waals surface area contributed by atoms with Gasteiger partial charge in [-0.1, -0.05) is 23.7 Å². The second-order valence-corrected chi connectivity index (χ2v) is 5.53. The Morgan fingerprint density at radius 2 is 1.89 bits per heavy atom. The number of halogens is 1. The van der Waals surface area contributed by atoms with Crippen molar-refractivity contribution in [3.05, 3.63) is 59.4 Å². The van der Waals surface area contributed by atoms with Gasteiger partial charge in [-0.25, -0.2) is 0 Å². The lowest BCUT2D eigenvalue weighted by atomic mass is 10.1. The van der Waals surface area contributed by atoms with E-state index >= 15 is 0 Å². The van der Waals surface area contributed by atoms with Crippen molar-refractivity contribution in [1.29, 1.82) is 0 Å². The summed E-state index contributed by atoms with van der Waals surface area (Å²) in [5.41, 5.74) is 7.34. The average Bonchev–Trinajstić information content (AvgIpc) is 2.39. The topological polar surface area (TPSA) is 38.9 Å². The minimum Gasteiger partial charge on any atom is -0.327 e. The molecule has 2 aromatic rings. The molecule has 0 aliphatic carbocycles. The summed E-state index contributed by atoms with van der Waals surface area (Å²) < 4.78 is 0. The van der Waals surface area contributed by atoms with Crippen molar-refractivity contribution < 1.29 is 0 Å². The fourth-order valence-electron chi connectivity index (χ4n) is 1.64. The number of nitrogens with two attached hydrogens (primary N) is 1. The van der Waals surface area contributed by atoms with Crippen LogP contribution in [0.2, 0.25) is 5.02 Å². The maximum atomic E-state index is 6.12. The van der Waals surface area contributed by atoms with Crippen molar-refractivity contribution in [2.75, 3.05) is 5.75 Å². The van der Waals surface area contributed by atoms with Crippen LogP contribution in [-0.4, -0.2) is 16.8 Å². The molecular weight excluding hydrogens is 264 g/mol. The van der Waals surface area contributed by atoms with Crippen LogP contribution in [0.25, 0.3) is 0 Å². The van der Waals surface area contributed by atoms with E-state index in [-0.39, 0.29) is 6.04 Å². The van der Waals surface area contributed by atoms with Gasteiger partial charge in [0.2, 0.25) is 0 Å². The van der Waals surface area contributed by atoms with Crippen LogP contribution in [0.15, 0.2) is 53.7 Å². The molecule has 1 unspecified atom stereocenters. The van der Waals surface area contributed by atoms with Gasteiger partial charge in [-0.15, -0.1) is 11.8 Å². The third-order valence-corrected chi connectivity index (χ3v) is 4.24. The number of nitrogens with zero attached hydrogens (tertiary/aromatic N) is 1. The molecule has 4 heteroatoms. The first-order valence-electron chi connectivity index (χ1n) is 5.77. The molecule has 0 spiro atoms. The molecule has 0 aliphatic rings. The maximum absolute atomic E-state index is 6.12. The molecule has 1 aromatic heterocycles. The van der Waals surface area contributed by atoms with Gasteiger partial charge in [-0.05, 0) is 36.2 Å². The van der Waals surface area contributed by atoms with Crippen LogP contribution in [0.3, 0.4) is 0 Å². The third kappa shape index (κ3) is 4.02. The van der Waals surface area contributed by atoms with Crippen LogP contribution in [0.4, 0.5) is 0 Å². The fraction of sp³-hybridized carbons (Fsp3) is 0.214. The van der Waals surface area contributed by atoms with Gasteiger partial charge in [0.1, 0.15) is 0 Å². The fourth-order valence-corrected chi connectivity index (χ4v) is 2.83. The van der Waals surface area contributed by atoms with Crippen molar-refractivity contribution in [3.63, 3.8) is 0 Å². The van der Waals surface area contributed by atoms with Crippen molar-refractivity contribution in [2.24, 2.45) is 5.73 Å². The molecule has 0 aliphatic heterocycles. The summed E-state index contributed by atoms with van der Waals surface area (Å²) in [7, 11) is 0. The zero-order valence-electron chi connectivity index (χ0n) is 9.92. The molecule has 0 bridgehead atoms. The molecule has 2 N–H and O–H groups in total. The summed E-state index contributed by atoms with van der Waals surface area (Å²) >= 11 is 7.80. The van der Waals surface area contributed by atoms with E-state index in [0.717, 1.165) is 22.1 Å². The first-order valence-corrected chi connectivity index (χ1v) is 7.14. The van der Waals surface area contributed by atoms with Crippen LogP contribution in [0, 0.1) is 0 Å². The normalized spacial score (nSPS) is 12.3. The van der Waals surface area contributed by atoms with Crippen LogP contribution in [0.1, 0.15) is 5.56 Å². The lowest BCUT2D eigenvalue weighted by Gasteiger charge is -2.11. The van der Waals surface area contributed by atoms with Crippen molar-refractivity contribution in [3.8, 4) is 0 Å². The highest BCUT2D eigenvalue weighted by Gasteiger charge is 2.06. The number of benzene rings is 1. The molecule has 2 rings (SSSR count). The van der Waals surface area contributed by atoms with Gasteiger partial charge in [-0.2, -0.15) is 0 Å². The summed E-state index contributed by atoms with van der Waals surface area (Å²) in [5, 5.41) is 0.790. The molecular formula is C14H15ClN2S. The number of aromatic nitrogens is 1. The first-order chi connectivity index (χ1) is 8.75. The highest BCUT2D eigenvalue weighted by molar-refractivity contribution is 7.99. The smallest absolute Gasteiger partial charge is 0.0541 e. The Morgan fingerprint density at radius 1 is 1.17 bits per heavy atom. The predicted octanol–water partition coefficient (Wildman–Crippen LogP) is 3.40. The van der Waals surface area contributed by atoms with E-state index in [1.165, 1.54) is 5.56 Å². The Kier molecular flexibility index (Phi) is 5.05. The van der Waals surface area contributed by atoms with E-state index in [1.807, 2.05) is 36.4 Å². The Labute approximate surface area is 117 Å². The van der Waals surface area contributed by atoms with Crippen LogP contribution >= 0.6 is 23.4 Å². The molecule has 1 aromatic carbocycles. The van der Waals surface area contributed by atoms with Crippen LogP contribution < -0.4 is 5.73 Å². The summed E-state index contributed by atoms with van der Waals surface area (Å²) in [4.78, 5) is 5.08. The quantitative estimate of drug-likeness (QED) is 0.852. The monoisotopic (exact) mass is 278 g/mol. The van der Waals surface area contributed by atoms with E-state index in [9.17, 15) is 0 Å². The van der Waals surface area contributed by atoms with E-state index in [0.29, 0.717) is 0 Å². The first kappa shape index (κ1) is 13.4. The van der Waals surface area contributed by atoms with Gasteiger partial charge >= 0.3 is 0 Å². The van der Waals surface area contributed by atoms with Crippen molar-refractivity contribution >= 4 is 23.4 Å². The molecule has 0 radical (unpaired) electrons. The van der Waals surface area contributed by atoms with Crippen molar-refractivity contribution in [1.82, 2.24) is 4.98 Å². The molecule has 18 heavy (non-hydrogen) atoms. The molecule has 0 saturated heterocycles. The number of pyridine rings is 1. The number of thioether (sulfide) groups is 1. The summed E-state index contributed by atoms with van der Waals surface area (Å²) in [6.45, 7) is 0. The van der Waals surface area contributed by atoms with Crippen LogP contribution in [0.5, 0.6) is 0 Å². The minimum atomic E-state index is 0.119. The molecule has 0 fully saturated rings. The molecule has 2 nitrogen and oxygen atoms in total. The molecule has 1 heterocycles. The van der Waals surface area contributed by atoms with Gasteiger partial charge in [0.25, 0.3) is 0 Å². The Hall–Kier alpha value is -1.03. The summed E-state index contributed by atoms with van der Waals surface area (Å²) in [6.07, 6.45) is 4.45. The largest absolute Gasteiger partial charge is 0.327 e.